The lowest BCUT2D eigenvalue weighted by Gasteiger charge is -2.40. The Hall–Kier alpha value is -3.35. The molecule has 0 saturated carbocycles. The number of nitrogens with zero attached hydrogens (tertiary/aromatic N) is 5. The van der Waals surface area contributed by atoms with Crippen LogP contribution >= 0.6 is 11.3 Å². The summed E-state index contributed by atoms with van der Waals surface area (Å²) in [6, 6.07) is 22.1. The Labute approximate surface area is 228 Å². The lowest BCUT2D eigenvalue weighted by Crippen LogP contribution is -2.48. The van der Waals surface area contributed by atoms with E-state index < -0.39 is 0 Å². The first-order chi connectivity index (χ1) is 18.8. The van der Waals surface area contributed by atoms with Gasteiger partial charge in [0.05, 0.1) is 16.3 Å². The normalized spacial score (nSPS) is 16.1. The first kappa shape index (κ1) is 23.7. The predicted molar refractivity (Wildman–Crippen MR) is 157 cm³/mol. The fourth-order valence-corrected chi connectivity index (χ4v) is 7.71. The van der Waals surface area contributed by atoms with Crippen LogP contribution in [-0.4, -0.2) is 46.0 Å². The van der Waals surface area contributed by atoms with Gasteiger partial charge < -0.3 is 4.90 Å². The van der Waals surface area contributed by atoms with E-state index in [-0.39, 0.29) is 6.04 Å². The molecule has 0 bridgehead atoms. The van der Waals surface area contributed by atoms with Gasteiger partial charge in [0.2, 0.25) is 0 Å². The highest BCUT2D eigenvalue weighted by atomic mass is 32.1. The molecule has 1 saturated heterocycles. The minimum atomic E-state index is 0.262. The summed E-state index contributed by atoms with van der Waals surface area (Å²) in [5, 5.41) is 1.30. The Balaban J connectivity index is 1.21. The Bertz CT molecular complexity index is 1530. The summed E-state index contributed by atoms with van der Waals surface area (Å²) in [5.74, 6) is 1.08. The van der Waals surface area contributed by atoms with E-state index in [9.17, 15) is 0 Å². The number of hydrogen-bond acceptors (Lipinski definition) is 6. The molecule has 5 nitrogen and oxygen atoms in total. The van der Waals surface area contributed by atoms with Crippen LogP contribution in [0.3, 0.4) is 0 Å². The second-order valence-electron chi connectivity index (χ2n) is 10.5. The molecular formula is C32H33N5S. The largest absolute Gasteiger partial charge is 0.353 e. The number of aryl methyl sites for hydroxylation is 2. The molecular weight excluding hydrogens is 486 g/mol. The number of anilines is 1. The average Bonchev–Trinajstić information content (AvgIpc) is 3.60. The van der Waals surface area contributed by atoms with Gasteiger partial charge in [-0.15, -0.1) is 11.3 Å². The maximum absolute atomic E-state index is 5.19. The molecule has 0 N–H and O–H groups in total. The van der Waals surface area contributed by atoms with E-state index in [0.717, 1.165) is 68.0 Å². The number of pyridine rings is 1. The molecule has 1 fully saturated rings. The topological polar surface area (TPSA) is 45.2 Å². The quantitative estimate of drug-likeness (QED) is 0.253. The Kier molecular flexibility index (Phi) is 6.30. The molecule has 5 aromatic rings. The standard InChI is InChI=1S/C32H33N5S/c1-2-10-26-24-15-9-16-25(24)27-28-30(38-32(27)35-26)31(34-21-33-28)37-19-17-36(18-20-37)29(22-11-5-3-6-12-22)23-13-7-4-8-14-23/h3-8,11-14,21,29H,2,9-10,15-20H2,1H3. The van der Waals surface area contributed by atoms with Crippen molar-refractivity contribution >= 4 is 37.6 Å². The molecule has 192 valence electrons. The number of rotatable bonds is 6. The van der Waals surface area contributed by atoms with E-state index in [2.05, 4.69) is 77.4 Å². The zero-order valence-corrected chi connectivity index (χ0v) is 22.8. The molecule has 0 atom stereocenters. The van der Waals surface area contributed by atoms with Gasteiger partial charge in [-0.05, 0) is 47.9 Å². The van der Waals surface area contributed by atoms with Crippen LogP contribution in [0.5, 0.6) is 0 Å². The zero-order chi connectivity index (χ0) is 25.5. The maximum Gasteiger partial charge on any atom is 0.150 e. The van der Waals surface area contributed by atoms with E-state index in [1.807, 2.05) is 0 Å². The first-order valence-corrected chi connectivity index (χ1v) is 14.8. The third kappa shape index (κ3) is 4.07. The monoisotopic (exact) mass is 519 g/mol. The lowest BCUT2D eigenvalue weighted by molar-refractivity contribution is 0.212. The van der Waals surface area contributed by atoms with Gasteiger partial charge in [-0.2, -0.15) is 0 Å². The second-order valence-corrected chi connectivity index (χ2v) is 11.5. The van der Waals surface area contributed by atoms with Gasteiger partial charge in [0.15, 0.2) is 0 Å². The van der Waals surface area contributed by atoms with Crippen LogP contribution in [-0.2, 0) is 19.3 Å². The molecule has 6 heteroatoms. The number of hydrogen-bond donors (Lipinski definition) is 0. The molecule has 0 unspecified atom stereocenters. The smallest absolute Gasteiger partial charge is 0.150 e. The highest BCUT2D eigenvalue weighted by Crippen LogP contribution is 2.42. The summed E-state index contributed by atoms with van der Waals surface area (Å²) >= 11 is 1.80. The van der Waals surface area contributed by atoms with Crippen molar-refractivity contribution < 1.29 is 0 Å². The summed E-state index contributed by atoms with van der Waals surface area (Å²) in [6.45, 7) is 6.12. The third-order valence-corrected chi connectivity index (χ3v) is 9.30. The zero-order valence-electron chi connectivity index (χ0n) is 21.9. The highest BCUT2D eigenvalue weighted by molar-refractivity contribution is 7.26. The third-order valence-electron chi connectivity index (χ3n) is 8.24. The Morgan fingerprint density at radius 2 is 1.53 bits per heavy atom. The Morgan fingerprint density at radius 3 is 2.21 bits per heavy atom. The fourth-order valence-electron chi connectivity index (χ4n) is 6.51. The van der Waals surface area contributed by atoms with E-state index in [0.29, 0.717) is 0 Å². The number of thiophene rings is 1. The van der Waals surface area contributed by atoms with Gasteiger partial charge in [0.25, 0.3) is 0 Å². The SMILES string of the molecule is CCCc1nc2sc3c(N4CCN(C(c5ccccc5)c5ccccc5)CC4)ncnc3c2c2c1CCC2. The predicted octanol–water partition coefficient (Wildman–Crippen LogP) is 6.59. The number of piperazine rings is 1. The fraction of sp³-hybridized carbons (Fsp3) is 0.344. The lowest BCUT2D eigenvalue weighted by atomic mass is 9.96. The molecule has 2 aromatic carbocycles. The van der Waals surface area contributed by atoms with Crippen molar-refractivity contribution in [3.05, 3.63) is 94.9 Å². The molecule has 0 amide bonds. The van der Waals surface area contributed by atoms with E-state index in [1.165, 1.54) is 44.5 Å². The minimum Gasteiger partial charge on any atom is -0.353 e. The number of benzene rings is 2. The molecule has 7 rings (SSSR count). The van der Waals surface area contributed by atoms with Crippen molar-refractivity contribution in [2.45, 2.75) is 45.1 Å². The number of fused-ring (bicyclic) bond motifs is 5. The molecule has 38 heavy (non-hydrogen) atoms. The van der Waals surface area contributed by atoms with Crippen molar-refractivity contribution in [1.82, 2.24) is 19.9 Å². The summed E-state index contributed by atoms with van der Waals surface area (Å²) in [4.78, 5) is 21.1. The summed E-state index contributed by atoms with van der Waals surface area (Å²) in [7, 11) is 0. The van der Waals surface area contributed by atoms with Crippen LogP contribution in [0.2, 0.25) is 0 Å². The van der Waals surface area contributed by atoms with Crippen molar-refractivity contribution in [1.29, 1.82) is 0 Å². The van der Waals surface area contributed by atoms with E-state index >= 15 is 0 Å². The maximum atomic E-state index is 5.19. The Morgan fingerprint density at radius 1 is 0.842 bits per heavy atom. The van der Waals surface area contributed by atoms with Gasteiger partial charge >= 0.3 is 0 Å². The molecule has 2 aliphatic rings. The number of aromatic nitrogens is 3. The van der Waals surface area contributed by atoms with E-state index in [4.69, 9.17) is 15.0 Å². The summed E-state index contributed by atoms with van der Waals surface area (Å²) in [6.07, 6.45) is 7.52. The van der Waals surface area contributed by atoms with Crippen LogP contribution in [0.1, 0.15) is 53.8 Å². The van der Waals surface area contributed by atoms with Crippen molar-refractivity contribution in [3.8, 4) is 0 Å². The van der Waals surface area contributed by atoms with Gasteiger partial charge in [0, 0.05) is 37.3 Å². The van der Waals surface area contributed by atoms with Crippen LogP contribution in [0.25, 0.3) is 20.4 Å². The van der Waals surface area contributed by atoms with Gasteiger partial charge in [-0.3, -0.25) is 4.90 Å². The average molecular weight is 520 g/mol. The van der Waals surface area contributed by atoms with Crippen molar-refractivity contribution in [3.63, 3.8) is 0 Å². The first-order valence-electron chi connectivity index (χ1n) is 14.0. The van der Waals surface area contributed by atoms with Gasteiger partial charge in [0.1, 0.15) is 17.0 Å². The summed E-state index contributed by atoms with van der Waals surface area (Å²) < 4.78 is 1.20. The second kappa shape index (κ2) is 10.1. The van der Waals surface area contributed by atoms with Crippen molar-refractivity contribution in [2.75, 3.05) is 31.1 Å². The van der Waals surface area contributed by atoms with Crippen LogP contribution in [0.4, 0.5) is 5.82 Å². The van der Waals surface area contributed by atoms with Gasteiger partial charge in [-0.1, -0.05) is 74.0 Å². The molecule has 0 spiro atoms. The van der Waals surface area contributed by atoms with Crippen LogP contribution in [0, 0.1) is 0 Å². The summed E-state index contributed by atoms with van der Waals surface area (Å²) in [5.41, 5.74) is 8.13. The minimum absolute atomic E-state index is 0.262. The highest BCUT2D eigenvalue weighted by Gasteiger charge is 2.29. The van der Waals surface area contributed by atoms with E-state index in [1.54, 1.807) is 17.7 Å². The van der Waals surface area contributed by atoms with Crippen LogP contribution < -0.4 is 4.90 Å². The molecule has 1 aliphatic heterocycles. The molecule has 4 heterocycles. The van der Waals surface area contributed by atoms with Gasteiger partial charge in [-0.25, -0.2) is 15.0 Å². The molecule has 1 aliphatic carbocycles. The molecule has 3 aromatic heterocycles. The van der Waals surface area contributed by atoms with Crippen LogP contribution in [0.15, 0.2) is 67.0 Å². The molecule has 0 radical (unpaired) electrons. The van der Waals surface area contributed by atoms with Crippen molar-refractivity contribution in [2.24, 2.45) is 0 Å².